The van der Waals surface area contributed by atoms with Crippen LogP contribution in [0.4, 0.5) is 5.69 Å². The minimum absolute atomic E-state index is 0.152. The van der Waals surface area contributed by atoms with Gasteiger partial charge in [-0.2, -0.15) is 0 Å². The van der Waals surface area contributed by atoms with E-state index in [1.807, 2.05) is 6.20 Å². The van der Waals surface area contributed by atoms with Crippen molar-refractivity contribution in [2.45, 2.75) is 31.6 Å². The number of hydrogen-bond donors (Lipinski definition) is 3. The summed E-state index contributed by atoms with van der Waals surface area (Å²) in [6.45, 7) is 5.55. The molecule has 1 aromatic heterocycles. The third-order valence-electron chi connectivity index (χ3n) is 13.4. The molecule has 2 atom stereocenters. The summed E-state index contributed by atoms with van der Waals surface area (Å²) in [5, 5.41) is 15.0. The molecule has 3 aliphatic rings. The standard InChI is InChI=1S/C58H45N5/c1-58(2)50-28-25-37-12-9-10-18-47(37)52(50)49-27-24-42(35-51(49)58)44-32-43(36-19-21-38(22-20-36)46-29-31-60-54-48(46)26-23-39-17-11-30-59-53(39)54)33-45(34-44)57-62-55(40-13-5-3-6-14-40)61-56(63-57)41-15-7-4-8-16-41/h3-29,31-35,55,57,59,62H,30H2,1-2H3,(H,61,63). The lowest BCUT2D eigenvalue weighted by Crippen LogP contribution is -2.45. The highest BCUT2D eigenvalue weighted by atomic mass is 15.3. The first-order valence-corrected chi connectivity index (χ1v) is 21.9. The fraction of sp³-hybridized carbons (Fsp3) is 0.103. The quantitative estimate of drug-likeness (QED) is 0.157. The first-order valence-electron chi connectivity index (χ1n) is 21.9. The predicted octanol–water partition coefficient (Wildman–Crippen LogP) is 13.5. The monoisotopic (exact) mass is 811 g/mol. The van der Waals surface area contributed by atoms with Gasteiger partial charge in [0.2, 0.25) is 0 Å². The fourth-order valence-electron chi connectivity index (χ4n) is 10.1. The molecule has 3 N–H and O–H groups in total. The molecular formula is C58H45N5. The van der Waals surface area contributed by atoms with E-state index in [0.717, 1.165) is 62.4 Å². The van der Waals surface area contributed by atoms with E-state index in [-0.39, 0.29) is 17.7 Å². The molecule has 9 aromatic rings. The largest absolute Gasteiger partial charge is 0.379 e. The van der Waals surface area contributed by atoms with Crippen LogP contribution >= 0.6 is 0 Å². The van der Waals surface area contributed by atoms with Crippen molar-refractivity contribution in [3.63, 3.8) is 0 Å². The average molecular weight is 812 g/mol. The fourth-order valence-corrected chi connectivity index (χ4v) is 10.1. The molecule has 3 heterocycles. The molecular weight excluding hydrogens is 767 g/mol. The second-order valence-corrected chi connectivity index (χ2v) is 17.5. The molecule has 0 spiro atoms. The lowest BCUT2D eigenvalue weighted by atomic mass is 9.81. The number of anilines is 1. The van der Waals surface area contributed by atoms with E-state index < -0.39 is 0 Å². The smallest absolute Gasteiger partial charge is 0.131 e. The van der Waals surface area contributed by atoms with Gasteiger partial charge in [-0.05, 0) is 113 Å². The Morgan fingerprint density at radius 3 is 2.14 bits per heavy atom. The van der Waals surface area contributed by atoms with Gasteiger partial charge in [0.15, 0.2) is 0 Å². The van der Waals surface area contributed by atoms with Crippen LogP contribution in [0, 0.1) is 0 Å². The van der Waals surface area contributed by atoms with Crippen molar-refractivity contribution in [3.8, 4) is 44.5 Å². The van der Waals surface area contributed by atoms with Crippen molar-refractivity contribution in [2.75, 3.05) is 11.9 Å². The zero-order chi connectivity index (χ0) is 42.1. The molecule has 63 heavy (non-hydrogen) atoms. The van der Waals surface area contributed by atoms with E-state index in [1.165, 1.54) is 55.3 Å². The molecule has 0 saturated heterocycles. The molecule has 8 aromatic carbocycles. The number of aromatic nitrogens is 1. The van der Waals surface area contributed by atoms with Crippen LogP contribution in [0.25, 0.3) is 72.3 Å². The molecule has 0 fully saturated rings. The normalized spacial score (nSPS) is 17.0. The average Bonchev–Trinajstić information content (AvgIpc) is 3.59. The number of aliphatic imine (C=N–C) groups is 1. The van der Waals surface area contributed by atoms with E-state index in [4.69, 9.17) is 9.98 Å². The van der Waals surface area contributed by atoms with Gasteiger partial charge in [-0.25, -0.2) is 4.99 Å². The van der Waals surface area contributed by atoms with Crippen LogP contribution in [0.2, 0.25) is 0 Å². The van der Waals surface area contributed by atoms with Gasteiger partial charge in [-0.3, -0.25) is 10.3 Å². The minimum Gasteiger partial charge on any atom is -0.379 e. The van der Waals surface area contributed by atoms with Crippen molar-refractivity contribution in [2.24, 2.45) is 4.99 Å². The van der Waals surface area contributed by atoms with Gasteiger partial charge < -0.3 is 10.6 Å². The number of pyridine rings is 1. The maximum atomic E-state index is 5.22. The Kier molecular flexibility index (Phi) is 8.73. The van der Waals surface area contributed by atoms with Crippen molar-refractivity contribution in [1.82, 2.24) is 15.6 Å². The maximum absolute atomic E-state index is 5.22. The molecule has 12 rings (SSSR count). The zero-order valence-corrected chi connectivity index (χ0v) is 35.2. The first-order chi connectivity index (χ1) is 31.0. The Balaban J connectivity index is 0.986. The van der Waals surface area contributed by atoms with Gasteiger partial charge in [-0.1, -0.05) is 172 Å². The summed E-state index contributed by atoms with van der Waals surface area (Å²) in [6, 6.07) is 64.1. The topological polar surface area (TPSA) is 61.3 Å². The van der Waals surface area contributed by atoms with Gasteiger partial charge >= 0.3 is 0 Å². The van der Waals surface area contributed by atoms with Gasteiger partial charge in [0.1, 0.15) is 18.2 Å². The van der Waals surface area contributed by atoms with E-state index >= 15 is 0 Å². The van der Waals surface area contributed by atoms with Crippen LogP contribution in [-0.2, 0) is 5.41 Å². The molecule has 5 heteroatoms. The lowest BCUT2D eigenvalue weighted by Gasteiger charge is -2.32. The number of amidine groups is 1. The highest BCUT2D eigenvalue weighted by molar-refractivity contribution is 6.05. The molecule has 5 nitrogen and oxygen atoms in total. The molecule has 0 bridgehead atoms. The highest BCUT2D eigenvalue weighted by Crippen LogP contribution is 2.52. The molecule has 0 amide bonds. The van der Waals surface area contributed by atoms with Crippen molar-refractivity contribution in [3.05, 3.63) is 222 Å². The summed E-state index contributed by atoms with van der Waals surface area (Å²) < 4.78 is 0. The number of benzene rings is 8. The van der Waals surface area contributed by atoms with Crippen LogP contribution in [0.15, 0.2) is 193 Å². The SMILES string of the molecule is CC1(C)c2cc(-c3cc(-c4ccc(-c5ccnc6c7c(ccc56)C=CCN7)cc4)cc(C4NC(c5ccccc5)=NC(c5ccccc5)N4)c3)ccc2-c2c1ccc1ccccc21. The Bertz CT molecular complexity index is 3310. The number of nitrogens with zero attached hydrogens (tertiary/aromatic N) is 2. The van der Waals surface area contributed by atoms with E-state index in [2.05, 4.69) is 218 Å². The van der Waals surface area contributed by atoms with Gasteiger partial charge in [0.25, 0.3) is 0 Å². The number of nitrogens with one attached hydrogen (secondary N) is 3. The minimum atomic E-state index is -0.236. The van der Waals surface area contributed by atoms with Crippen LogP contribution in [0.1, 0.15) is 59.6 Å². The third-order valence-corrected chi connectivity index (χ3v) is 13.4. The van der Waals surface area contributed by atoms with Gasteiger partial charge in [-0.15, -0.1) is 0 Å². The van der Waals surface area contributed by atoms with Crippen LogP contribution in [-0.4, -0.2) is 17.4 Å². The number of hydrogen-bond acceptors (Lipinski definition) is 5. The molecule has 2 aliphatic heterocycles. The highest BCUT2D eigenvalue weighted by Gasteiger charge is 2.37. The molecule has 2 unspecified atom stereocenters. The Morgan fingerprint density at radius 2 is 1.30 bits per heavy atom. The van der Waals surface area contributed by atoms with Crippen molar-refractivity contribution in [1.29, 1.82) is 0 Å². The van der Waals surface area contributed by atoms with E-state index in [1.54, 1.807) is 0 Å². The lowest BCUT2D eigenvalue weighted by molar-refractivity contribution is 0.409. The third kappa shape index (κ3) is 6.35. The van der Waals surface area contributed by atoms with Crippen LogP contribution in [0.5, 0.6) is 0 Å². The summed E-state index contributed by atoms with van der Waals surface area (Å²) in [5.74, 6) is 0.867. The predicted molar refractivity (Wildman–Crippen MR) is 262 cm³/mol. The van der Waals surface area contributed by atoms with Crippen LogP contribution in [0.3, 0.4) is 0 Å². The molecule has 0 saturated carbocycles. The summed E-state index contributed by atoms with van der Waals surface area (Å²) in [4.78, 5) is 10.0. The summed E-state index contributed by atoms with van der Waals surface area (Å²) >= 11 is 0. The van der Waals surface area contributed by atoms with E-state index in [0.29, 0.717) is 0 Å². The summed E-state index contributed by atoms with van der Waals surface area (Å²) in [7, 11) is 0. The first kappa shape index (κ1) is 37.2. The van der Waals surface area contributed by atoms with Gasteiger partial charge in [0, 0.05) is 29.1 Å². The Morgan fingerprint density at radius 1 is 0.556 bits per heavy atom. The zero-order valence-electron chi connectivity index (χ0n) is 35.2. The summed E-state index contributed by atoms with van der Waals surface area (Å²) in [6.07, 6.45) is 5.80. The second kappa shape index (κ2) is 14.8. The summed E-state index contributed by atoms with van der Waals surface area (Å²) in [5.41, 5.74) is 18.9. The van der Waals surface area contributed by atoms with Gasteiger partial charge in [0.05, 0.1) is 11.2 Å². The van der Waals surface area contributed by atoms with Crippen molar-refractivity contribution >= 4 is 39.3 Å². The second-order valence-electron chi connectivity index (χ2n) is 17.5. The number of fused-ring (bicyclic) bond motifs is 8. The Labute approximate surface area is 367 Å². The molecule has 1 aliphatic carbocycles. The van der Waals surface area contributed by atoms with Crippen LogP contribution < -0.4 is 16.0 Å². The number of rotatable bonds is 6. The molecule has 302 valence electrons. The van der Waals surface area contributed by atoms with Crippen molar-refractivity contribution < 1.29 is 0 Å². The maximum Gasteiger partial charge on any atom is 0.131 e. The van der Waals surface area contributed by atoms with E-state index in [9.17, 15) is 0 Å². The Hall–Kier alpha value is -7.60. The molecule has 0 radical (unpaired) electrons.